The van der Waals surface area contributed by atoms with E-state index in [1.165, 1.54) is 6.07 Å². The number of rotatable bonds is 2. The number of hydrogen-bond donors (Lipinski definition) is 1. The van der Waals surface area contributed by atoms with Gasteiger partial charge in [-0.25, -0.2) is 8.78 Å². The standard InChI is InChI=1S/C11H10F2N2/c1-2-7(6-14)11(15)9-4-3-8(12)5-10(9)13/h3-5H,2,15H2,1H3/b11-7-. The quantitative estimate of drug-likeness (QED) is 0.759. The maximum Gasteiger partial charge on any atom is 0.135 e. The first-order valence-electron chi connectivity index (χ1n) is 4.44. The summed E-state index contributed by atoms with van der Waals surface area (Å²) in [6.07, 6.45) is 0.416. The Kier molecular flexibility index (Phi) is 3.40. The minimum absolute atomic E-state index is 0.0646. The van der Waals surface area contributed by atoms with Crippen LogP contribution in [0.2, 0.25) is 0 Å². The average molecular weight is 208 g/mol. The Hall–Kier alpha value is -1.89. The zero-order chi connectivity index (χ0) is 11.4. The molecule has 2 nitrogen and oxygen atoms in total. The first-order chi connectivity index (χ1) is 7.10. The van der Waals surface area contributed by atoms with E-state index in [0.717, 1.165) is 12.1 Å². The maximum atomic E-state index is 13.3. The maximum absolute atomic E-state index is 13.3. The molecule has 0 saturated heterocycles. The molecule has 0 unspecified atom stereocenters. The molecule has 0 saturated carbocycles. The van der Waals surface area contributed by atoms with Crippen LogP contribution >= 0.6 is 0 Å². The Balaban J connectivity index is 3.29. The van der Waals surface area contributed by atoms with Gasteiger partial charge in [-0.1, -0.05) is 6.92 Å². The van der Waals surface area contributed by atoms with Crippen LogP contribution in [0.15, 0.2) is 23.8 Å². The largest absolute Gasteiger partial charge is 0.397 e. The van der Waals surface area contributed by atoms with Crippen LogP contribution in [-0.4, -0.2) is 0 Å². The van der Waals surface area contributed by atoms with Gasteiger partial charge in [-0.05, 0) is 18.6 Å². The molecule has 0 bridgehead atoms. The fourth-order valence-corrected chi connectivity index (χ4v) is 1.20. The molecular weight excluding hydrogens is 198 g/mol. The Morgan fingerprint density at radius 3 is 2.60 bits per heavy atom. The first kappa shape index (κ1) is 11.2. The second-order valence-corrected chi connectivity index (χ2v) is 2.98. The van der Waals surface area contributed by atoms with Gasteiger partial charge in [-0.3, -0.25) is 0 Å². The monoisotopic (exact) mass is 208 g/mol. The van der Waals surface area contributed by atoms with Gasteiger partial charge in [0.05, 0.1) is 17.3 Å². The number of nitrogens with two attached hydrogens (primary N) is 1. The van der Waals surface area contributed by atoms with Crippen LogP contribution in [-0.2, 0) is 0 Å². The van der Waals surface area contributed by atoms with Gasteiger partial charge in [-0.2, -0.15) is 5.26 Å². The molecule has 0 amide bonds. The van der Waals surface area contributed by atoms with Crippen molar-refractivity contribution in [3.63, 3.8) is 0 Å². The normalized spacial score (nSPS) is 11.9. The fourth-order valence-electron chi connectivity index (χ4n) is 1.20. The molecule has 0 aliphatic rings. The van der Waals surface area contributed by atoms with Crippen LogP contribution in [0.4, 0.5) is 8.78 Å². The molecule has 0 aliphatic heterocycles. The fraction of sp³-hybridized carbons (Fsp3) is 0.182. The summed E-state index contributed by atoms with van der Waals surface area (Å²) >= 11 is 0. The minimum Gasteiger partial charge on any atom is -0.397 e. The van der Waals surface area contributed by atoms with Gasteiger partial charge in [-0.15, -0.1) is 0 Å². The van der Waals surface area contributed by atoms with E-state index >= 15 is 0 Å². The molecular formula is C11H10F2N2. The van der Waals surface area contributed by atoms with Crippen molar-refractivity contribution in [1.82, 2.24) is 0 Å². The van der Waals surface area contributed by atoms with Gasteiger partial charge in [0.2, 0.25) is 0 Å². The molecule has 0 spiro atoms. The lowest BCUT2D eigenvalue weighted by atomic mass is 10.1. The highest BCUT2D eigenvalue weighted by Crippen LogP contribution is 2.19. The highest BCUT2D eigenvalue weighted by atomic mass is 19.1. The lowest BCUT2D eigenvalue weighted by Gasteiger charge is -2.05. The number of halogens is 2. The van der Waals surface area contributed by atoms with E-state index in [-0.39, 0.29) is 11.3 Å². The van der Waals surface area contributed by atoms with E-state index in [0.29, 0.717) is 12.0 Å². The van der Waals surface area contributed by atoms with Crippen molar-refractivity contribution in [1.29, 1.82) is 5.26 Å². The summed E-state index contributed by atoms with van der Waals surface area (Å²) in [5.41, 5.74) is 6.03. The summed E-state index contributed by atoms with van der Waals surface area (Å²) in [6, 6.07) is 4.97. The van der Waals surface area contributed by atoms with Crippen LogP contribution in [0.3, 0.4) is 0 Å². The lowest BCUT2D eigenvalue weighted by Crippen LogP contribution is -2.03. The number of allylic oxidation sites excluding steroid dienone is 1. The summed E-state index contributed by atoms with van der Waals surface area (Å²) in [5, 5.41) is 8.72. The smallest absolute Gasteiger partial charge is 0.135 e. The summed E-state index contributed by atoms with van der Waals surface area (Å²) in [5.74, 6) is -1.42. The Morgan fingerprint density at radius 2 is 2.13 bits per heavy atom. The molecule has 4 heteroatoms. The summed E-state index contributed by atoms with van der Waals surface area (Å²) in [7, 11) is 0. The van der Waals surface area contributed by atoms with E-state index in [4.69, 9.17) is 11.0 Å². The third-order valence-electron chi connectivity index (χ3n) is 2.03. The highest BCUT2D eigenvalue weighted by molar-refractivity contribution is 5.69. The Bertz CT molecular complexity index is 444. The predicted octanol–water partition coefficient (Wildman–Crippen LogP) is 2.57. The van der Waals surface area contributed by atoms with Crippen LogP contribution in [0, 0.1) is 23.0 Å². The molecule has 2 N–H and O–H groups in total. The van der Waals surface area contributed by atoms with Gasteiger partial charge in [0.15, 0.2) is 0 Å². The van der Waals surface area contributed by atoms with E-state index in [1.54, 1.807) is 6.92 Å². The summed E-state index contributed by atoms with van der Waals surface area (Å²) in [4.78, 5) is 0. The van der Waals surface area contributed by atoms with Gasteiger partial charge >= 0.3 is 0 Å². The minimum atomic E-state index is -0.756. The third kappa shape index (κ3) is 2.32. The van der Waals surface area contributed by atoms with Crippen LogP contribution < -0.4 is 5.73 Å². The van der Waals surface area contributed by atoms with Crippen molar-refractivity contribution >= 4 is 5.70 Å². The lowest BCUT2D eigenvalue weighted by molar-refractivity contribution is 0.580. The molecule has 0 radical (unpaired) electrons. The number of nitriles is 1. The molecule has 0 atom stereocenters. The van der Waals surface area contributed by atoms with E-state index in [2.05, 4.69) is 0 Å². The van der Waals surface area contributed by atoms with Crippen LogP contribution in [0.1, 0.15) is 18.9 Å². The van der Waals surface area contributed by atoms with Gasteiger partial charge in [0, 0.05) is 11.6 Å². The predicted molar refractivity (Wildman–Crippen MR) is 53.4 cm³/mol. The number of hydrogen-bond acceptors (Lipinski definition) is 2. The van der Waals surface area contributed by atoms with Crippen molar-refractivity contribution in [2.45, 2.75) is 13.3 Å². The zero-order valence-corrected chi connectivity index (χ0v) is 8.22. The Morgan fingerprint density at radius 1 is 1.47 bits per heavy atom. The molecule has 1 aromatic rings. The molecule has 0 aromatic heterocycles. The van der Waals surface area contributed by atoms with Crippen LogP contribution in [0.25, 0.3) is 5.70 Å². The molecule has 78 valence electrons. The SMILES string of the molecule is CC/C(C#N)=C(/N)c1ccc(F)cc1F. The number of benzene rings is 1. The van der Waals surface area contributed by atoms with Gasteiger partial charge in [0.1, 0.15) is 11.6 Å². The molecule has 0 heterocycles. The van der Waals surface area contributed by atoms with E-state index < -0.39 is 11.6 Å². The topological polar surface area (TPSA) is 49.8 Å². The van der Waals surface area contributed by atoms with Crippen molar-refractivity contribution in [2.24, 2.45) is 5.73 Å². The zero-order valence-electron chi connectivity index (χ0n) is 8.22. The highest BCUT2D eigenvalue weighted by Gasteiger charge is 2.09. The van der Waals surface area contributed by atoms with Crippen molar-refractivity contribution in [2.75, 3.05) is 0 Å². The molecule has 0 aliphatic carbocycles. The van der Waals surface area contributed by atoms with Crippen molar-refractivity contribution in [3.8, 4) is 6.07 Å². The van der Waals surface area contributed by atoms with Crippen LogP contribution in [0.5, 0.6) is 0 Å². The van der Waals surface area contributed by atoms with Gasteiger partial charge in [0.25, 0.3) is 0 Å². The molecule has 1 rings (SSSR count). The molecule has 15 heavy (non-hydrogen) atoms. The number of nitrogens with zero attached hydrogens (tertiary/aromatic N) is 1. The molecule has 0 fully saturated rings. The third-order valence-corrected chi connectivity index (χ3v) is 2.03. The first-order valence-corrected chi connectivity index (χ1v) is 4.44. The second-order valence-electron chi connectivity index (χ2n) is 2.98. The van der Waals surface area contributed by atoms with Crippen molar-refractivity contribution < 1.29 is 8.78 Å². The molecule has 1 aromatic carbocycles. The second kappa shape index (κ2) is 4.56. The van der Waals surface area contributed by atoms with Gasteiger partial charge < -0.3 is 5.73 Å². The van der Waals surface area contributed by atoms with Crippen molar-refractivity contribution in [3.05, 3.63) is 41.0 Å². The Labute approximate surface area is 86.6 Å². The van der Waals surface area contributed by atoms with E-state index in [9.17, 15) is 8.78 Å². The summed E-state index contributed by atoms with van der Waals surface area (Å²) < 4.78 is 25.9. The average Bonchev–Trinajstić information content (AvgIpc) is 2.19. The van der Waals surface area contributed by atoms with E-state index in [1.807, 2.05) is 6.07 Å². The summed E-state index contributed by atoms with van der Waals surface area (Å²) in [6.45, 7) is 1.74.